The zero-order valence-corrected chi connectivity index (χ0v) is 17.5. The minimum atomic E-state index is -4.76. The fourth-order valence-corrected chi connectivity index (χ4v) is 7.39. The number of carbonyl (C=O) groups excluding carboxylic acids is 1. The highest BCUT2D eigenvalue weighted by molar-refractivity contribution is 6.59. The first-order valence-corrected chi connectivity index (χ1v) is 12.5. The molecule has 2 aromatic rings. The number of ether oxygens (including phenoxy) is 2. The third kappa shape index (κ3) is 6.35. The molecule has 29 heavy (non-hydrogen) atoms. The molecule has 7 heteroatoms. The Morgan fingerprint density at radius 3 is 2.14 bits per heavy atom. The second kappa shape index (κ2) is 9.48. The fourth-order valence-electron chi connectivity index (χ4n) is 3.96. The van der Waals surface area contributed by atoms with Gasteiger partial charge in [-0.1, -0.05) is 43.6 Å². The summed E-state index contributed by atoms with van der Waals surface area (Å²) in [5.41, 5.74) is 1.44. The minimum Gasteiger partial charge on any atom is -0.423 e. The highest BCUT2D eigenvalue weighted by Gasteiger charge is 2.31. The number of halogens is 3. The Labute approximate surface area is 170 Å². The molecule has 2 aromatic carbocycles. The van der Waals surface area contributed by atoms with E-state index in [1.807, 2.05) is 12.1 Å². The van der Waals surface area contributed by atoms with Crippen LogP contribution in [0.1, 0.15) is 48.0 Å². The lowest BCUT2D eigenvalue weighted by molar-refractivity contribution is -0.274. The largest absolute Gasteiger partial charge is 0.573 e. The van der Waals surface area contributed by atoms with Gasteiger partial charge in [0.05, 0.1) is 5.56 Å². The van der Waals surface area contributed by atoms with Gasteiger partial charge in [-0.2, -0.15) is 0 Å². The molecule has 0 aliphatic carbocycles. The van der Waals surface area contributed by atoms with Crippen LogP contribution in [0.3, 0.4) is 0 Å². The van der Waals surface area contributed by atoms with E-state index in [0.717, 1.165) is 12.1 Å². The molecule has 3 rings (SSSR count). The summed E-state index contributed by atoms with van der Waals surface area (Å²) < 4.78 is 45.7. The molecule has 1 aliphatic heterocycles. The molecule has 1 fully saturated rings. The van der Waals surface area contributed by atoms with Gasteiger partial charge in [0.25, 0.3) is 0 Å². The van der Waals surface area contributed by atoms with Crippen LogP contribution in [-0.4, -0.2) is 21.1 Å². The van der Waals surface area contributed by atoms with E-state index in [1.54, 1.807) is 12.1 Å². The number of hydrogen-bond acceptors (Lipinski definition) is 3. The third-order valence-electron chi connectivity index (χ3n) is 5.43. The summed E-state index contributed by atoms with van der Waals surface area (Å²) in [7, 11) is -0.509. The Morgan fingerprint density at radius 2 is 1.59 bits per heavy atom. The molecule has 0 unspecified atom stereocenters. The Kier molecular flexibility index (Phi) is 7.00. The van der Waals surface area contributed by atoms with Gasteiger partial charge in [-0.3, -0.25) is 0 Å². The van der Waals surface area contributed by atoms with Gasteiger partial charge in [0.1, 0.15) is 11.5 Å². The lowest BCUT2D eigenvalue weighted by Gasteiger charge is -2.27. The van der Waals surface area contributed by atoms with Crippen molar-refractivity contribution in [3.8, 4) is 11.5 Å². The monoisotopic (exact) mass is 422 g/mol. The fraction of sp³-hybridized carbons (Fsp3) is 0.409. The highest BCUT2D eigenvalue weighted by atomic mass is 28.3. The quantitative estimate of drug-likeness (QED) is 0.310. The van der Waals surface area contributed by atoms with Crippen molar-refractivity contribution in [1.82, 2.24) is 0 Å². The van der Waals surface area contributed by atoms with Crippen LogP contribution >= 0.6 is 0 Å². The summed E-state index contributed by atoms with van der Waals surface area (Å²) in [6, 6.07) is 16.5. The molecular formula is C22H25F3O3Si. The van der Waals surface area contributed by atoms with Crippen molar-refractivity contribution in [3.63, 3.8) is 0 Å². The Hall–Kier alpha value is -2.28. The Bertz CT molecular complexity index is 796. The zero-order chi connectivity index (χ0) is 20.9. The minimum absolute atomic E-state index is 0.155. The first-order chi connectivity index (χ1) is 13.8. The summed E-state index contributed by atoms with van der Waals surface area (Å²) in [6.07, 6.45) is -0.953. The van der Waals surface area contributed by atoms with Crippen molar-refractivity contribution in [2.75, 3.05) is 0 Å². The van der Waals surface area contributed by atoms with E-state index in [9.17, 15) is 18.0 Å². The summed E-state index contributed by atoms with van der Waals surface area (Å²) in [4.78, 5) is 12.2. The van der Waals surface area contributed by atoms with Gasteiger partial charge in [0.15, 0.2) is 0 Å². The molecule has 0 amide bonds. The van der Waals surface area contributed by atoms with E-state index in [1.165, 1.54) is 55.1 Å². The topological polar surface area (TPSA) is 35.5 Å². The number of hydrogen-bond donors (Lipinski definition) is 0. The van der Waals surface area contributed by atoms with Crippen molar-refractivity contribution in [2.45, 2.75) is 56.6 Å². The third-order valence-corrected chi connectivity index (χ3v) is 9.12. The average Bonchev–Trinajstić information content (AvgIpc) is 2.69. The molecule has 0 aromatic heterocycles. The summed E-state index contributed by atoms with van der Waals surface area (Å²) in [5, 5.41) is 0. The molecule has 0 atom stereocenters. The van der Waals surface area contributed by atoms with Crippen LogP contribution in [0.15, 0.2) is 48.5 Å². The van der Waals surface area contributed by atoms with E-state index in [-0.39, 0.29) is 11.3 Å². The van der Waals surface area contributed by atoms with E-state index < -0.39 is 21.1 Å². The lowest BCUT2D eigenvalue weighted by atomic mass is 9.93. The molecule has 0 spiro atoms. The van der Waals surface area contributed by atoms with Crippen LogP contribution in [-0.2, 0) is 0 Å². The van der Waals surface area contributed by atoms with E-state index in [0.29, 0.717) is 11.7 Å². The van der Waals surface area contributed by atoms with Gasteiger partial charge < -0.3 is 9.47 Å². The number of benzene rings is 2. The van der Waals surface area contributed by atoms with Gasteiger partial charge >= 0.3 is 12.3 Å². The molecule has 1 aliphatic rings. The van der Waals surface area contributed by atoms with Crippen LogP contribution in [0.2, 0.25) is 18.1 Å². The SMILES string of the molecule is CCC[SiH]1CCC(c2ccc(OC(=O)c3ccc(OC(F)(F)F)cc3)cc2)CC1. The molecule has 1 heterocycles. The number of alkyl halides is 3. The number of esters is 1. The van der Waals surface area contributed by atoms with Crippen LogP contribution in [0.5, 0.6) is 11.5 Å². The molecule has 1 saturated heterocycles. The molecule has 3 nitrogen and oxygen atoms in total. The standard InChI is InChI=1S/C22H25F3O3Si/c1-2-13-29-14-11-17(12-15-29)16-3-7-19(8-4-16)27-21(26)18-5-9-20(10-6-18)28-22(23,24)25/h3-10,17,29H,2,11-15H2,1H3. The second-order valence-corrected chi connectivity index (χ2v) is 11.0. The molecule has 0 radical (unpaired) electrons. The van der Waals surface area contributed by atoms with Crippen LogP contribution < -0.4 is 9.47 Å². The van der Waals surface area contributed by atoms with Crippen molar-refractivity contribution in [3.05, 3.63) is 59.7 Å². The van der Waals surface area contributed by atoms with E-state index in [2.05, 4.69) is 11.7 Å². The average molecular weight is 423 g/mol. The van der Waals surface area contributed by atoms with Crippen LogP contribution in [0.25, 0.3) is 0 Å². The van der Waals surface area contributed by atoms with Crippen molar-refractivity contribution in [2.24, 2.45) is 0 Å². The van der Waals surface area contributed by atoms with Gasteiger partial charge in [-0.25, -0.2) is 4.79 Å². The van der Waals surface area contributed by atoms with Gasteiger partial charge in [-0.15, -0.1) is 13.2 Å². The first kappa shape index (κ1) is 21.4. The molecule has 0 N–H and O–H groups in total. The van der Waals surface area contributed by atoms with Gasteiger partial charge in [0, 0.05) is 8.80 Å². The Morgan fingerprint density at radius 1 is 1.00 bits per heavy atom. The maximum atomic E-state index is 12.2. The number of carbonyl (C=O) groups is 1. The summed E-state index contributed by atoms with van der Waals surface area (Å²) >= 11 is 0. The highest BCUT2D eigenvalue weighted by Crippen LogP contribution is 2.35. The Balaban J connectivity index is 1.55. The summed E-state index contributed by atoms with van der Waals surface area (Å²) in [6.45, 7) is 2.27. The summed E-state index contributed by atoms with van der Waals surface area (Å²) in [5.74, 6) is 0.00227. The van der Waals surface area contributed by atoms with Crippen molar-refractivity contribution >= 4 is 14.8 Å². The second-order valence-electron chi connectivity index (χ2n) is 7.54. The maximum absolute atomic E-state index is 12.2. The molecule has 0 saturated carbocycles. The molecular weight excluding hydrogens is 397 g/mol. The smallest absolute Gasteiger partial charge is 0.423 e. The first-order valence-electron chi connectivity index (χ1n) is 10.0. The maximum Gasteiger partial charge on any atom is 0.573 e. The molecule has 0 bridgehead atoms. The predicted molar refractivity (Wildman–Crippen MR) is 108 cm³/mol. The van der Waals surface area contributed by atoms with Gasteiger partial charge in [0.2, 0.25) is 0 Å². The van der Waals surface area contributed by atoms with Gasteiger partial charge in [-0.05, 0) is 60.7 Å². The lowest BCUT2D eigenvalue weighted by Crippen LogP contribution is -2.20. The van der Waals surface area contributed by atoms with E-state index in [4.69, 9.17) is 4.74 Å². The molecule has 156 valence electrons. The van der Waals surface area contributed by atoms with Crippen LogP contribution in [0, 0.1) is 0 Å². The van der Waals surface area contributed by atoms with Crippen molar-refractivity contribution < 1.29 is 27.4 Å². The zero-order valence-electron chi connectivity index (χ0n) is 16.4. The normalized spacial score (nSPS) is 19.6. The number of rotatable bonds is 6. The van der Waals surface area contributed by atoms with Crippen LogP contribution in [0.4, 0.5) is 13.2 Å². The predicted octanol–water partition coefficient (Wildman–Crippen LogP) is 6.32. The van der Waals surface area contributed by atoms with E-state index >= 15 is 0 Å². The van der Waals surface area contributed by atoms with Crippen molar-refractivity contribution in [1.29, 1.82) is 0 Å².